The minimum Gasteiger partial charge on any atom is -0.309 e. The van der Waals surface area contributed by atoms with Gasteiger partial charge in [-0.15, -0.1) is 0 Å². The molecule has 1 aromatic heterocycles. The summed E-state index contributed by atoms with van der Waals surface area (Å²) in [5, 5.41) is 0.682. The zero-order valence-electron chi connectivity index (χ0n) is 13.6. The van der Waals surface area contributed by atoms with Gasteiger partial charge >= 0.3 is 0 Å². The molecule has 2 fully saturated rings. The van der Waals surface area contributed by atoms with Gasteiger partial charge < -0.3 is 4.98 Å². The van der Waals surface area contributed by atoms with Crippen molar-refractivity contribution in [2.45, 2.75) is 57.5 Å². The molecule has 4 rings (SSSR count). The van der Waals surface area contributed by atoms with Gasteiger partial charge in [-0.1, -0.05) is 31.4 Å². The van der Waals surface area contributed by atoms with E-state index in [-0.39, 0.29) is 5.56 Å². The Hall–Kier alpha value is -1.68. The van der Waals surface area contributed by atoms with Gasteiger partial charge in [0.1, 0.15) is 5.82 Å². The Morgan fingerprint density at radius 1 is 1.09 bits per heavy atom. The van der Waals surface area contributed by atoms with Crippen LogP contribution in [0.4, 0.5) is 0 Å². The lowest BCUT2D eigenvalue weighted by Gasteiger charge is -2.29. The summed E-state index contributed by atoms with van der Waals surface area (Å²) in [7, 11) is 0. The lowest BCUT2D eigenvalue weighted by molar-refractivity contribution is 0.182. The first-order chi connectivity index (χ1) is 11.3. The van der Waals surface area contributed by atoms with Crippen LogP contribution in [0.2, 0.25) is 0 Å². The molecule has 0 aliphatic heterocycles. The van der Waals surface area contributed by atoms with E-state index in [1.54, 1.807) is 0 Å². The standard InChI is InChI=1S/C19H25N3O/c23-19-16-8-4-5-9-17(16)20-18(21-19)13-22(15-10-11-15)12-14-6-2-1-3-7-14/h4-5,8-9,14-15H,1-3,6-7,10-13H2,(H,20,21,23). The van der Waals surface area contributed by atoms with E-state index in [9.17, 15) is 4.79 Å². The van der Waals surface area contributed by atoms with Gasteiger partial charge in [-0.2, -0.15) is 0 Å². The third kappa shape index (κ3) is 3.47. The summed E-state index contributed by atoms with van der Waals surface area (Å²) in [6, 6.07) is 8.30. The fourth-order valence-electron chi connectivity index (χ4n) is 3.89. The molecule has 0 amide bonds. The van der Waals surface area contributed by atoms with E-state index in [2.05, 4.69) is 14.9 Å². The maximum absolute atomic E-state index is 12.2. The van der Waals surface area contributed by atoms with Crippen molar-refractivity contribution < 1.29 is 0 Å². The SMILES string of the molecule is O=c1[nH]c(CN(CC2CCCCC2)C2CC2)nc2ccccc12. The molecular formula is C19H25N3O. The first-order valence-corrected chi connectivity index (χ1v) is 9.01. The number of hydrogen-bond acceptors (Lipinski definition) is 3. The summed E-state index contributed by atoms with van der Waals surface area (Å²) < 4.78 is 0. The van der Waals surface area contributed by atoms with Crippen LogP contribution in [-0.4, -0.2) is 27.5 Å². The maximum Gasteiger partial charge on any atom is 0.258 e. The van der Waals surface area contributed by atoms with E-state index < -0.39 is 0 Å². The van der Waals surface area contributed by atoms with Gasteiger partial charge in [0.05, 0.1) is 17.4 Å². The van der Waals surface area contributed by atoms with Crippen LogP contribution < -0.4 is 5.56 Å². The van der Waals surface area contributed by atoms with Gasteiger partial charge in [0.15, 0.2) is 0 Å². The van der Waals surface area contributed by atoms with Crippen LogP contribution in [0.25, 0.3) is 10.9 Å². The number of aromatic nitrogens is 2. The molecule has 4 nitrogen and oxygen atoms in total. The van der Waals surface area contributed by atoms with Crippen molar-refractivity contribution in [2.75, 3.05) is 6.54 Å². The lowest BCUT2D eigenvalue weighted by Crippen LogP contribution is -2.33. The Balaban J connectivity index is 1.53. The smallest absolute Gasteiger partial charge is 0.258 e. The molecule has 2 aromatic rings. The van der Waals surface area contributed by atoms with Crippen LogP contribution in [0.5, 0.6) is 0 Å². The van der Waals surface area contributed by atoms with Crippen LogP contribution in [0.15, 0.2) is 29.1 Å². The van der Waals surface area contributed by atoms with Gasteiger partial charge in [-0.3, -0.25) is 9.69 Å². The quantitative estimate of drug-likeness (QED) is 0.920. The van der Waals surface area contributed by atoms with Crippen molar-refractivity contribution in [3.8, 4) is 0 Å². The molecule has 0 atom stereocenters. The van der Waals surface area contributed by atoms with Gasteiger partial charge in [-0.05, 0) is 43.7 Å². The first kappa shape index (κ1) is 14.9. The third-order valence-electron chi connectivity index (χ3n) is 5.30. The molecule has 23 heavy (non-hydrogen) atoms. The predicted molar refractivity (Wildman–Crippen MR) is 92.4 cm³/mol. The summed E-state index contributed by atoms with van der Waals surface area (Å²) in [5.74, 6) is 1.65. The number of aromatic amines is 1. The van der Waals surface area contributed by atoms with Crippen molar-refractivity contribution in [3.05, 3.63) is 40.4 Å². The van der Waals surface area contributed by atoms with Gasteiger partial charge in [0.25, 0.3) is 5.56 Å². The molecule has 122 valence electrons. The molecule has 0 unspecified atom stereocenters. The fraction of sp³-hybridized carbons (Fsp3) is 0.579. The zero-order valence-corrected chi connectivity index (χ0v) is 13.6. The number of H-pyrrole nitrogens is 1. The van der Waals surface area contributed by atoms with E-state index >= 15 is 0 Å². The molecular weight excluding hydrogens is 286 g/mol. The van der Waals surface area contributed by atoms with Gasteiger partial charge in [0.2, 0.25) is 0 Å². The van der Waals surface area contributed by atoms with Crippen molar-refractivity contribution in [1.29, 1.82) is 0 Å². The van der Waals surface area contributed by atoms with E-state index in [0.717, 1.165) is 23.8 Å². The van der Waals surface area contributed by atoms with Crippen LogP contribution in [-0.2, 0) is 6.54 Å². The molecule has 4 heteroatoms. The molecule has 1 aromatic carbocycles. The Kier molecular flexibility index (Phi) is 4.17. The number of rotatable bonds is 5. The summed E-state index contributed by atoms with van der Waals surface area (Å²) in [6.07, 6.45) is 9.49. The molecule has 0 saturated heterocycles. The number of para-hydroxylation sites is 1. The average molecular weight is 311 g/mol. The zero-order chi connectivity index (χ0) is 15.6. The Bertz CT molecular complexity index is 729. The van der Waals surface area contributed by atoms with Crippen molar-refractivity contribution in [1.82, 2.24) is 14.9 Å². The number of nitrogens with one attached hydrogen (secondary N) is 1. The average Bonchev–Trinajstić information content (AvgIpc) is 3.40. The number of nitrogens with zero attached hydrogens (tertiary/aromatic N) is 2. The highest BCUT2D eigenvalue weighted by molar-refractivity contribution is 5.77. The lowest BCUT2D eigenvalue weighted by atomic mass is 9.89. The monoisotopic (exact) mass is 311 g/mol. The van der Waals surface area contributed by atoms with Crippen molar-refractivity contribution in [3.63, 3.8) is 0 Å². The van der Waals surface area contributed by atoms with E-state index in [0.29, 0.717) is 11.4 Å². The molecule has 0 bridgehead atoms. The number of fused-ring (bicyclic) bond motifs is 1. The van der Waals surface area contributed by atoms with E-state index in [4.69, 9.17) is 0 Å². The number of hydrogen-bond donors (Lipinski definition) is 1. The molecule has 2 aliphatic rings. The summed E-state index contributed by atoms with van der Waals surface area (Å²) in [5.41, 5.74) is 0.790. The summed E-state index contributed by atoms with van der Waals surface area (Å²) in [6.45, 7) is 1.95. The van der Waals surface area contributed by atoms with Crippen LogP contribution in [0.1, 0.15) is 50.8 Å². The topological polar surface area (TPSA) is 49.0 Å². The molecule has 0 spiro atoms. The summed E-state index contributed by atoms with van der Waals surface area (Å²) >= 11 is 0. The second-order valence-corrected chi connectivity index (χ2v) is 7.19. The van der Waals surface area contributed by atoms with Gasteiger partial charge in [-0.25, -0.2) is 4.98 Å². The second kappa shape index (κ2) is 6.44. The van der Waals surface area contributed by atoms with E-state index in [1.165, 1.54) is 51.5 Å². The number of benzene rings is 1. The van der Waals surface area contributed by atoms with E-state index in [1.807, 2.05) is 24.3 Å². The minimum atomic E-state index is -0.0148. The Labute approximate surface area is 136 Å². The van der Waals surface area contributed by atoms with Crippen molar-refractivity contribution >= 4 is 10.9 Å². The van der Waals surface area contributed by atoms with Crippen LogP contribution in [0.3, 0.4) is 0 Å². The molecule has 2 aliphatic carbocycles. The first-order valence-electron chi connectivity index (χ1n) is 9.01. The minimum absolute atomic E-state index is 0.0148. The molecule has 1 heterocycles. The molecule has 2 saturated carbocycles. The van der Waals surface area contributed by atoms with Crippen LogP contribution in [0, 0.1) is 5.92 Å². The molecule has 1 N–H and O–H groups in total. The van der Waals surface area contributed by atoms with Gasteiger partial charge in [0, 0.05) is 12.6 Å². The highest BCUT2D eigenvalue weighted by Crippen LogP contribution is 2.32. The normalized spacial score (nSPS) is 19.5. The Morgan fingerprint density at radius 3 is 2.65 bits per heavy atom. The van der Waals surface area contributed by atoms with Crippen molar-refractivity contribution in [2.24, 2.45) is 5.92 Å². The fourth-order valence-corrected chi connectivity index (χ4v) is 3.89. The highest BCUT2D eigenvalue weighted by Gasteiger charge is 2.31. The maximum atomic E-state index is 12.2. The second-order valence-electron chi connectivity index (χ2n) is 7.19. The largest absolute Gasteiger partial charge is 0.309 e. The summed E-state index contributed by atoms with van der Waals surface area (Å²) in [4.78, 5) is 22.5. The third-order valence-corrected chi connectivity index (χ3v) is 5.30. The Morgan fingerprint density at radius 2 is 1.87 bits per heavy atom. The van der Waals surface area contributed by atoms with Crippen LogP contribution >= 0.6 is 0 Å². The predicted octanol–water partition coefficient (Wildman–Crippen LogP) is 3.47. The molecule has 0 radical (unpaired) electrons. The highest BCUT2D eigenvalue weighted by atomic mass is 16.1.